The highest BCUT2D eigenvalue weighted by Crippen LogP contribution is 2.34. The van der Waals surface area contributed by atoms with Crippen molar-refractivity contribution in [2.75, 3.05) is 6.54 Å². The van der Waals surface area contributed by atoms with Crippen LogP contribution in [0.2, 0.25) is 0 Å². The molecule has 4 atom stereocenters. The van der Waals surface area contributed by atoms with Crippen LogP contribution in [-0.2, 0) is 9.59 Å². The molecule has 7 heteroatoms. The first kappa shape index (κ1) is 16.9. The summed E-state index contributed by atoms with van der Waals surface area (Å²) >= 11 is 0. The summed E-state index contributed by atoms with van der Waals surface area (Å²) in [5, 5.41) is 12.8. The number of aliphatic hydroxyl groups excluding tert-OH is 1. The maximum absolute atomic E-state index is 13.2. The normalized spacial score (nSPS) is 27.8. The summed E-state index contributed by atoms with van der Waals surface area (Å²) in [6.07, 6.45) is 2.65. The molecule has 1 heterocycles. The molecule has 1 aromatic carbocycles. The standard InChI is InChI=1S/C17H22FN3O3/c18-11-5-3-4-10(8-11)14(22)9-19-17(24)15-12-6-1-2-7-13(12)16(23)21-20-15/h3-5,8,12-15,20,22H,1-2,6-7,9H2,(H,19,24)(H,21,23). The second-order valence-corrected chi connectivity index (χ2v) is 6.48. The van der Waals surface area contributed by atoms with Gasteiger partial charge in [-0.25, -0.2) is 9.82 Å². The summed E-state index contributed by atoms with van der Waals surface area (Å²) in [6, 6.07) is 5.16. The molecule has 2 amide bonds. The molecule has 24 heavy (non-hydrogen) atoms. The predicted octanol–water partition coefficient (Wildman–Crippen LogP) is 0.785. The van der Waals surface area contributed by atoms with Crippen LogP contribution in [0.1, 0.15) is 37.4 Å². The number of fused-ring (bicyclic) bond motifs is 1. The first-order chi connectivity index (χ1) is 11.6. The number of hydrazine groups is 1. The monoisotopic (exact) mass is 335 g/mol. The third kappa shape index (κ3) is 3.57. The number of hydrogen-bond acceptors (Lipinski definition) is 4. The van der Waals surface area contributed by atoms with Gasteiger partial charge in [-0.3, -0.25) is 15.0 Å². The van der Waals surface area contributed by atoms with Crippen molar-refractivity contribution in [2.45, 2.75) is 37.8 Å². The molecule has 0 bridgehead atoms. The quantitative estimate of drug-likeness (QED) is 0.655. The van der Waals surface area contributed by atoms with Crippen LogP contribution in [0, 0.1) is 17.7 Å². The minimum absolute atomic E-state index is 0.00814. The van der Waals surface area contributed by atoms with E-state index >= 15 is 0 Å². The molecule has 6 nitrogen and oxygen atoms in total. The summed E-state index contributed by atoms with van der Waals surface area (Å²) in [5.41, 5.74) is 5.78. The molecule has 1 aliphatic carbocycles. The van der Waals surface area contributed by atoms with Crippen molar-refractivity contribution in [2.24, 2.45) is 11.8 Å². The average Bonchev–Trinajstić information content (AvgIpc) is 2.60. The Morgan fingerprint density at radius 2 is 2.17 bits per heavy atom. The van der Waals surface area contributed by atoms with Gasteiger partial charge < -0.3 is 10.4 Å². The molecule has 1 aliphatic heterocycles. The van der Waals surface area contributed by atoms with Crippen molar-refractivity contribution in [3.63, 3.8) is 0 Å². The number of nitrogens with one attached hydrogen (secondary N) is 3. The lowest BCUT2D eigenvalue weighted by Gasteiger charge is -2.40. The molecule has 4 unspecified atom stereocenters. The summed E-state index contributed by atoms with van der Waals surface area (Å²) < 4.78 is 13.2. The van der Waals surface area contributed by atoms with E-state index in [1.807, 2.05) is 0 Å². The number of amides is 2. The fourth-order valence-electron chi connectivity index (χ4n) is 3.63. The van der Waals surface area contributed by atoms with E-state index in [0.717, 1.165) is 25.7 Å². The molecule has 2 fully saturated rings. The van der Waals surface area contributed by atoms with Gasteiger partial charge in [0.2, 0.25) is 11.8 Å². The minimum Gasteiger partial charge on any atom is -0.387 e. The molecule has 2 aliphatic rings. The highest BCUT2D eigenvalue weighted by atomic mass is 19.1. The van der Waals surface area contributed by atoms with Gasteiger partial charge in [-0.15, -0.1) is 0 Å². The Labute approximate surface area is 139 Å². The van der Waals surface area contributed by atoms with Gasteiger partial charge in [0.15, 0.2) is 0 Å². The van der Waals surface area contributed by atoms with E-state index in [2.05, 4.69) is 16.2 Å². The zero-order valence-electron chi connectivity index (χ0n) is 13.3. The van der Waals surface area contributed by atoms with Gasteiger partial charge >= 0.3 is 0 Å². The molecule has 3 rings (SSSR count). The lowest BCUT2D eigenvalue weighted by molar-refractivity contribution is -0.138. The fourth-order valence-corrected chi connectivity index (χ4v) is 3.63. The number of carbonyl (C=O) groups is 2. The number of aliphatic hydroxyl groups is 1. The number of halogens is 1. The predicted molar refractivity (Wildman–Crippen MR) is 84.9 cm³/mol. The van der Waals surface area contributed by atoms with Gasteiger partial charge in [0.05, 0.1) is 6.10 Å². The summed E-state index contributed by atoms with van der Waals surface area (Å²) in [5.74, 6) is -0.909. The van der Waals surface area contributed by atoms with Crippen molar-refractivity contribution < 1.29 is 19.1 Å². The second kappa shape index (κ2) is 7.27. The number of carbonyl (C=O) groups excluding carboxylic acids is 2. The van der Waals surface area contributed by atoms with Crippen molar-refractivity contribution in [3.05, 3.63) is 35.6 Å². The van der Waals surface area contributed by atoms with E-state index in [1.165, 1.54) is 18.2 Å². The van der Waals surface area contributed by atoms with Crippen LogP contribution < -0.4 is 16.2 Å². The minimum atomic E-state index is -0.981. The molecule has 1 saturated heterocycles. The second-order valence-electron chi connectivity index (χ2n) is 6.48. The van der Waals surface area contributed by atoms with E-state index in [4.69, 9.17) is 0 Å². The SMILES string of the molecule is O=C1NNC(C(=O)NCC(O)c2cccc(F)c2)C2CCCCC12. The Bertz CT molecular complexity index is 625. The van der Waals surface area contributed by atoms with Crippen molar-refractivity contribution in [1.29, 1.82) is 0 Å². The summed E-state index contributed by atoms with van der Waals surface area (Å²) in [7, 11) is 0. The molecule has 1 saturated carbocycles. The molecule has 4 N–H and O–H groups in total. The Morgan fingerprint density at radius 3 is 2.96 bits per heavy atom. The lowest BCUT2D eigenvalue weighted by Crippen LogP contribution is -2.64. The van der Waals surface area contributed by atoms with Gasteiger partial charge in [0, 0.05) is 12.5 Å². The van der Waals surface area contributed by atoms with Crippen LogP contribution in [-0.4, -0.2) is 29.5 Å². The van der Waals surface area contributed by atoms with Crippen LogP contribution in [0.15, 0.2) is 24.3 Å². The third-order valence-corrected chi connectivity index (χ3v) is 4.92. The van der Waals surface area contributed by atoms with E-state index < -0.39 is 18.0 Å². The van der Waals surface area contributed by atoms with Gasteiger partial charge in [-0.05, 0) is 36.5 Å². The van der Waals surface area contributed by atoms with Crippen LogP contribution in [0.3, 0.4) is 0 Å². The molecular weight excluding hydrogens is 313 g/mol. The molecule has 1 aromatic rings. The lowest BCUT2D eigenvalue weighted by atomic mass is 9.73. The van der Waals surface area contributed by atoms with E-state index in [-0.39, 0.29) is 30.2 Å². The fraction of sp³-hybridized carbons (Fsp3) is 0.529. The maximum Gasteiger partial charge on any atom is 0.239 e. The van der Waals surface area contributed by atoms with Gasteiger partial charge in [-0.1, -0.05) is 25.0 Å². The van der Waals surface area contributed by atoms with Gasteiger partial charge in [-0.2, -0.15) is 0 Å². The first-order valence-corrected chi connectivity index (χ1v) is 8.33. The van der Waals surface area contributed by atoms with Crippen LogP contribution in [0.5, 0.6) is 0 Å². The zero-order valence-corrected chi connectivity index (χ0v) is 13.3. The molecule has 0 aromatic heterocycles. The van der Waals surface area contributed by atoms with Crippen molar-refractivity contribution in [1.82, 2.24) is 16.2 Å². The maximum atomic E-state index is 13.2. The molecule has 130 valence electrons. The summed E-state index contributed by atoms with van der Waals surface area (Å²) in [6.45, 7) is -0.00814. The largest absolute Gasteiger partial charge is 0.387 e. The van der Waals surface area contributed by atoms with Crippen molar-refractivity contribution >= 4 is 11.8 Å². The van der Waals surface area contributed by atoms with E-state index in [9.17, 15) is 19.1 Å². The molecule has 0 radical (unpaired) electrons. The highest BCUT2D eigenvalue weighted by Gasteiger charge is 2.42. The Kier molecular flexibility index (Phi) is 5.11. The molecule has 0 spiro atoms. The highest BCUT2D eigenvalue weighted by molar-refractivity contribution is 5.87. The van der Waals surface area contributed by atoms with Crippen LogP contribution >= 0.6 is 0 Å². The third-order valence-electron chi connectivity index (χ3n) is 4.92. The Hall–Kier alpha value is -1.99. The zero-order chi connectivity index (χ0) is 17.1. The van der Waals surface area contributed by atoms with Gasteiger partial charge in [0.25, 0.3) is 0 Å². The smallest absolute Gasteiger partial charge is 0.239 e. The number of benzene rings is 1. The Morgan fingerprint density at radius 1 is 1.38 bits per heavy atom. The van der Waals surface area contributed by atoms with E-state index in [1.54, 1.807) is 6.07 Å². The first-order valence-electron chi connectivity index (χ1n) is 8.33. The molecular formula is C17H22FN3O3. The topological polar surface area (TPSA) is 90.5 Å². The Balaban J connectivity index is 1.59. The van der Waals surface area contributed by atoms with Crippen LogP contribution in [0.4, 0.5) is 4.39 Å². The summed E-state index contributed by atoms with van der Waals surface area (Å²) in [4.78, 5) is 24.4. The van der Waals surface area contributed by atoms with Crippen molar-refractivity contribution in [3.8, 4) is 0 Å². The number of hydrogen-bond donors (Lipinski definition) is 4. The van der Waals surface area contributed by atoms with E-state index in [0.29, 0.717) is 5.56 Å². The number of rotatable bonds is 4. The van der Waals surface area contributed by atoms with Gasteiger partial charge in [0.1, 0.15) is 11.9 Å². The average molecular weight is 335 g/mol. The van der Waals surface area contributed by atoms with Crippen LogP contribution in [0.25, 0.3) is 0 Å².